The molecule has 23 heavy (non-hydrogen) atoms. The smallest absolute Gasteiger partial charge is 0.417 e. The van der Waals surface area contributed by atoms with Crippen molar-refractivity contribution in [1.29, 1.82) is 0 Å². The van der Waals surface area contributed by atoms with Gasteiger partial charge in [0.05, 0.1) is 5.56 Å². The van der Waals surface area contributed by atoms with Gasteiger partial charge in [0, 0.05) is 22.9 Å². The van der Waals surface area contributed by atoms with Gasteiger partial charge in [-0.2, -0.15) is 13.2 Å². The Morgan fingerprint density at radius 2 is 2.00 bits per heavy atom. The molecule has 0 bridgehead atoms. The zero-order valence-corrected chi connectivity index (χ0v) is 12.4. The van der Waals surface area contributed by atoms with Crippen molar-refractivity contribution in [2.75, 3.05) is 5.73 Å². The Hall–Kier alpha value is -2.48. The maximum atomic E-state index is 12.5. The van der Waals surface area contributed by atoms with Crippen LogP contribution in [0.25, 0.3) is 6.08 Å². The fourth-order valence-electron chi connectivity index (χ4n) is 1.67. The molecule has 0 unspecified atom stereocenters. The van der Waals surface area contributed by atoms with Crippen LogP contribution in [0, 0.1) is 0 Å². The molecule has 8 heteroatoms. The number of hydrogen-bond donors (Lipinski definition) is 2. The van der Waals surface area contributed by atoms with Gasteiger partial charge >= 0.3 is 12.1 Å². The number of anilines is 1. The molecule has 1 aromatic heterocycles. The summed E-state index contributed by atoms with van der Waals surface area (Å²) in [5.41, 5.74) is 5.82. The first-order valence-electron chi connectivity index (χ1n) is 6.27. The van der Waals surface area contributed by atoms with E-state index in [0.29, 0.717) is 21.2 Å². The number of nitrogens with two attached hydrogens (primary N) is 1. The van der Waals surface area contributed by atoms with E-state index in [4.69, 9.17) is 10.8 Å². The van der Waals surface area contributed by atoms with E-state index in [1.54, 1.807) is 18.2 Å². The molecule has 0 aliphatic rings. The number of nitrogen functional groups attached to an aromatic ring is 1. The van der Waals surface area contributed by atoms with E-state index in [9.17, 15) is 18.0 Å². The van der Waals surface area contributed by atoms with Gasteiger partial charge in [0.1, 0.15) is 5.03 Å². The summed E-state index contributed by atoms with van der Waals surface area (Å²) in [6, 6.07) is 7.05. The zero-order chi connectivity index (χ0) is 17.0. The highest BCUT2D eigenvalue weighted by atomic mass is 32.2. The van der Waals surface area contributed by atoms with Gasteiger partial charge in [0.15, 0.2) is 0 Å². The number of aromatic nitrogens is 1. The average Bonchev–Trinajstić information content (AvgIpc) is 2.47. The molecule has 3 N–H and O–H groups in total. The van der Waals surface area contributed by atoms with Crippen LogP contribution in [0.1, 0.15) is 11.1 Å². The van der Waals surface area contributed by atoms with E-state index in [1.165, 1.54) is 12.1 Å². The first-order valence-corrected chi connectivity index (χ1v) is 7.09. The summed E-state index contributed by atoms with van der Waals surface area (Å²) in [6.07, 6.45) is -1.36. The minimum Gasteiger partial charge on any atom is -0.478 e. The van der Waals surface area contributed by atoms with Crippen molar-refractivity contribution in [3.63, 3.8) is 0 Å². The van der Waals surface area contributed by atoms with Crippen molar-refractivity contribution < 1.29 is 23.1 Å². The number of aliphatic carboxylic acids is 1. The Kier molecular flexibility index (Phi) is 4.95. The fourth-order valence-corrected chi connectivity index (χ4v) is 2.52. The van der Waals surface area contributed by atoms with Crippen molar-refractivity contribution >= 4 is 29.5 Å². The van der Waals surface area contributed by atoms with Crippen molar-refractivity contribution in [2.24, 2.45) is 0 Å². The number of rotatable bonds is 4. The van der Waals surface area contributed by atoms with Crippen LogP contribution in [0.4, 0.5) is 18.9 Å². The SMILES string of the molecule is Nc1ccc(Sc2ccc(C(F)(F)F)cn2)c(C=CC(=O)O)c1. The second kappa shape index (κ2) is 6.74. The normalized spacial score (nSPS) is 11.8. The van der Waals surface area contributed by atoms with Gasteiger partial charge in [0.2, 0.25) is 0 Å². The van der Waals surface area contributed by atoms with Crippen LogP contribution in [-0.4, -0.2) is 16.1 Å². The summed E-state index contributed by atoms with van der Waals surface area (Å²) in [5.74, 6) is -1.11. The molecular weight excluding hydrogens is 329 g/mol. The van der Waals surface area contributed by atoms with Gasteiger partial charge in [-0.1, -0.05) is 11.8 Å². The quantitative estimate of drug-likeness (QED) is 0.651. The lowest BCUT2D eigenvalue weighted by Gasteiger charge is -2.08. The van der Waals surface area contributed by atoms with Crippen LogP contribution in [-0.2, 0) is 11.0 Å². The van der Waals surface area contributed by atoms with Gasteiger partial charge < -0.3 is 10.8 Å². The van der Waals surface area contributed by atoms with Crippen molar-refractivity contribution in [2.45, 2.75) is 16.1 Å². The maximum absolute atomic E-state index is 12.5. The molecule has 1 heterocycles. The number of halogens is 3. The Morgan fingerprint density at radius 3 is 2.57 bits per heavy atom. The predicted molar refractivity (Wildman–Crippen MR) is 80.9 cm³/mol. The molecule has 1 aromatic carbocycles. The summed E-state index contributed by atoms with van der Waals surface area (Å²) < 4.78 is 37.5. The number of alkyl halides is 3. The van der Waals surface area contributed by atoms with Gasteiger partial charge in [-0.05, 0) is 42.0 Å². The lowest BCUT2D eigenvalue weighted by Crippen LogP contribution is -2.05. The second-order valence-corrected chi connectivity index (χ2v) is 5.52. The number of carboxylic acids is 1. The van der Waals surface area contributed by atoms with Gasteiger partial charge in [0.25, 0.3) is 0 Å². The van der Waals surface area contributed by atoms with E-state index in [0.717, 1.165) is 30.1 Å². The predicted octanol–water partition coefficient (Wildman–Crippen LogP) is 3.93. The zero-order valence-electron chi connectivity index (χ0n) is 11.5. The largest absolute Gasteiger partial charge is 0.478 e. The first kappa shape index (κ1) is 16.9. The third kappa shape index (κ3) is 4.75. The fraction of sp³-hybridized carbons (Fsp3) is 0.0667. The third-order valence-electron chi connectivity index (χ3n) is 2.72. The molecule has 0 atom stereocenters. The molecule has 0 amide bonds. The van der Waals surface area contributed by atoms with Gasteiger partial charge in [-0.15, -0.1) is 0 Å². The number of benzene rings is 1. The highest BCUT2D eigenvalue weighted by Crippen LogP contribution is 2.33. The molecule has 0 saturated heterocycles. The monoisotopic (exact) mass is 340 g/mol. The molecule has 120 valence electrons. The van der Waals surface area contributed by atoms with Crippen LogP contribution in [0.15, 0.2) is 52.5 Å². The highest BCUT2D eigenvalue weighted by Gasteiger charge is 2.30. The maximum Gasteiger partial charge on any atom is 0.417 e. The number of nitrogens with zero attached hydrogens (tertiary/aromatic N) is 1. The van der Waals surface area contributed by atoms with E-state index in [1.807, 2.05) is 0 Å². The van der Waals surface area contributed by atoms with E-state index < -0.39 is 17.7 Å². The number of carbonyl (C=O) groups is 1. The van der Waals surface area contributed by atoms with E-state index in [2.05, 4.69) is 4.98 Å². The Bertz CT molecular complexity index is 743. The van der Waals surface area contributed by atoms with E-state index >= 15 is 0 Å². The molecule has 0 aliphatic carbocycles. The van der Waals surface area contributed by atoms with Crippen molar-refractivity contribution in [1.82, 2.24) is 4.98 Å². The summed E-state index contributed by atoms with van der Waals surface area (Å²) in [4.78, 5) is 15.0. The Labute approximate surface area is 133 Å². The van der Waals surface area contributed by atoms with Crippen LogP contribution in [0.2, 0.25) is 0 Å². The van der Waals surface area contributed by atoms with Crippen LogP contribution >= 0.6 is 11.8 Å². The second-order valence-electron chi connectivity index (χ2n) is 4.45. The molecule has 0 fully saturated rings. The molecular formula is C15H11F3N2O2S. The van der Waals surface area contributed by atoms with Gasteiger partial charge in [-0.25, -0.2) is 9.78 Å². The minimum atomic E-state index is -4.44. The summed E-state index contributed by atoms with van der Waals surface area (Å²) in [5, 5.41) is 9.04. The molecule has 2 aromatic rings. The summed E-state index contributed by atoms with van der Waals surface area (Å²) in [7, 11) is 0. The molecule has 0 aliphatic heterocycles. The molecule has 0 radical (unpaired) electrons. The highest BCUT2D eigenvalue weighted by molar-refractivity contribution is 7.99. The Balaban J connectivity index is 2.27. The van der Waals surface area contributed by atoms with Crippen molar-refractivity contribution in [3.05, 3.63) is 53.7 Å². The lowest BCUT2D eigenvalue weighted by atomic mass is 10.2. The number of carboxylic acid groups (broad SMARTS) is 1. The Morgan fingerprint density at radius 1 is 1.26 bits per heavy atom. The number of pyridine rings is 1. The molecule has 2 rings (SSSR count). The third-order valence-corrected chi connectivity index (χ3v) is 3.76. The summed E-state index contributed by atoms with van der Waals surface area (Å²) >= 11 is 1.12. The summed E-state index contributed by atoms with van der Waals surface area (Å²) in [6.45, 7) is 0. The van der Waals surface area contributed by atoms with Crippen LogP contribution in [0.3, 0.4) is 0 Å². The topological polar surface area (TPSA) is 76.2 Å². The van der Waals surface area contributed by atoms with Crippen LogP contribution < -0.4 is 5.73 Å². The van der Waals surface area contributed by atoms with E-state index in [-0.39, 0.29) is 0 Å². The first-order chi connectivity index (χ1) is 10.8. The molecule has 4 nitrogen and oxygen atoms in total. The van der Waals surface area contributed by atoms with Crippen molar-refractivity contribution in [3.8, 4) is 0 Å². The number of hydrogen-bond acceptors (Lipinski definition) is 4. The molecule has 0 saturated carbocycles. The average molecular weight is 340 g/mol. The standard InChI is InChI=1S/C15H11F3N2O2S/c16-15(17,18)10-2-5-13(20-8-10)23-12-4-3-11(19)7-9(12)1-6-14(21)22/h1-8H,19H2,(H,21,22). The molecule has 0 spiro atoms. The minimum absolute atomic E-state index is 0.354. The lowest BCUT2D eigenvalue weighted by molar-refractivity contribution is -0.138. The van der Waals surface area contributed by atoms with Crippen LogP contribution in [0.5, 0.6) is 0 Å². The van der Waals surface area contributed by atoms with Gasteiger partial charge in [-0.3, -0.25) is 0 Å².